The summed E-state index contributed by atoms with van der Waals surface area (Å²) in [4.78, 5) is 7.50. The fourth-order valence-corrected chi connectivity index (χ4v) is 4.02. The van der Waals surface area contributed by atoms with Crippen molar-refractivity contribution in [2.75, 3.05) is 18.0 Å². The molecule has 24 heavy (non-hydrogen) atoms. The number of fused-ring (bicyclic) bond motifs is 3. The quantitative estimate of drug-likeness (QED) is 0.578. The molecule has 1 unspecified atom stereocenters. The van der Waals surface area contributed by atoms with E-state index in [1.165, 1.54) is 37.6 Å². The van der Waals surface area contributed by atoms with E-state index in [4.69, 9.17) is 16.6 Å². The first-order chi connectivity index (χ1) is 11.7. The van der Waals surface area contributed by atoms with Crippen LogP contribution in [0.4, 0.5) is 5.82 Å². The largest absolute Gasteiger partial charge is 0.355 e. The molecule has 1 atom stereocenters. The molecule has 0 amide bonds. The number of halogens is 1. The summed E-state index contributed by atoms with van der Waals surface area (Å²) in [5.41, 5.74) is 3.26. The highest BCUT2D eigenvalue weighted by molar-refractivity contribution is 6.31. The summed E-state index contributed by atoms with van der Waals surface area (Å²) >= 11 is 6.19. The Kier molecular flexibility index (Phi) is 4.36. The summed E-state index contributed by atoms with van der Waals surface area (Å²) < 4.78 is 2.22. The molecule has 1 aliphatic rings. The molecule has 0 aliphatic carbocycles. The van der Waals surface area contributed by atoms with Gasteiger partial charge in [0.05, 0.1) is 16.6 Å². The van der Waals surface area contributed by atoms with Crippen molar-refractivity contribution < 1.29 is 0 Å². The zero-order valence-electron chi connectivity index (χ0n) is 14.2. The van der Waals surface area contributed by atoms with Crippen LogP contribution < -0.4 is 4.90 Å². The third-order valence-corrected chi connectivity index (χ3v) is 5.44. The van der Waals surface area contributed by atoms with Gasteiger partial charge in [-0.1, -0.05) is 31.4 Å². The molecule has 1 aliphatic heterocycles. The Bertz CT molecular complexity index is 855. The van der Waals surface area contributed by atoms with Crippen LogP contribution in [-0.2, 0) is 0 Å². The van der Waals surface area contributed by atoms with Gasteiger partial charge in [-0.2, -0.15) is 0 Å². The molecule has 3 heterocycles. The molecule has 0 bridgehead atoms. The third kappa shape index (κ3) is 2.98. The van der Waals surface area contributed by atoms with Crippen LogP contribution in [0.1, 0.15) is 39.0 Å². The minimum absolute atomic E-state index is 0.754. The molecule has 1 saturated heterocycles. The maximum absolute atomic E-state index is 6.19. The lowest BCUT2D eigenvalue weighted by Gasteiger charge is -2.24. The standard InChI is InChI=1S/C20H24ClN3/c1-15-6-2-3-11-23(12-4-7-15)20-18-8-5-13-24(18)19-14-16(21)9-10-17(19)22-20/h5,8-10,13-15H,2-4,6-7,11-12H2,1H3. The van der Waals surface area contributed by atoms with E-state index in [-0.39, 0.29) is 0 Å². The minimum Gasteiger partial charge on any atom is -0.355 e. The van der Waals surface area contributed by atoms with Gasteiger partial charge in [0.1, 0.15) is 0 Å². The van der Waals surface area contributed by atoms with E-state index >= 15 is 0 Å². The van der Waals surface area contributed by atoms with Crippen molar-refractivity contribution in [2.45, 2.75) is 39.0 Å². The van der Waals surface area contributed by atoms with Crippen LogP contribution in [0.25, 0.3) is 16.6 Å². The maximum atomic E-state index is 6.19. The number of aromatic nitrogens is 2. The van der Waals surface area contributed by atoms with Crippen LogP contribution in [0, 0.1) is 5.92 Å². The molecule has 0 N–H and O–H groups in total. The summed E-state index contributed by atoms with van der Waals surface area (Å²) in [5.74, 6) is 1.97. The van der Waals surface area contributed by atoms with Crippen molar-refractivity contribution >= 4 is 34.0 Å². The Hall–Kier alpha value is -1.74. The number of hydrogen-bond acceptors (Lipinski definition) is 2. The Labute approximate surface area is 148 Å². The van der Waals surface area contributed by atoms with E-state index in [0.717, 1.165) is 40.9 Å². The summed E-state index contributed by atoms with van der Waals surface area (Å²) in [6.07, 6.45) is 8.59. The Morgan fingerprint density at radius 1 is 1.04 bits per heavy atom. The van der Waals surface area contributed by atoms with Crippen LogP contribution in [0.2, 0.25) is 5.02 Å². The van der Waals surface area contributed by atoms with Gasteiger partial charge in [-0.25, -0.2) is 4.98 Å². The van der Waals surface area contributed by atoms with Crippen molar-refractivity contribution in [1.29, 1.82) is 0 Å². The number of anilines is 1. The summed E-state index contributed by atoms with van der Waals surface area (Å²) in [6, 6.07) is 10.2. The van der Waals surface area contributed by atoms with Crippen molar-refractivity contribution in [2.24, 2.45) is 5.92 Å². The Morgan fingerprint density at radius 3 is 2.79 bits per heavy atom. The molecule has 1 fully saturated rings. The lowest BCUT2D eigenvalue weighted by Crippen LogP contribution is -2.27. The predicted molar refractivity (Wildman–Crippen MR) is 102 cm³/mol. The summed E-state index contributed by atoms with van der Waals surface area (Å²) in [5, 5.41) is 0.754. The van der Waals surface area contributed by atoms with E-state index < -0.39 is 0 Å². The first-order valence-electron chi connectivity index (χ1n) is 9.03. The van der Waals surface area contributed by atoms with Gasteiger partial charge in [-0.05, 0) is 55.5 Å². The molecule has 0 saturated carbocycles. The van der Waals surface area contributed by atoms with E-state index in [0.29, 0.717) is 0 Å². The smallest absolute Gasteiger partial charge is 0.153 e. The number of hydrogen-bond donors (Lipinski definition) is 0. The van der Waals surface area contributed by atoms with Crippen LogP contribution >= 0.6 is 11.6 Å². The zero-order valence-corrected chi connectivity index (χ0v) is 15.0. The SMILES string of the molecule is CC1CCCCN(c2nc3ccc(Cl)cc3n3cccc23)CCC1. The average Bonchev–Trinajstić information content (AvgIpc) is 3.08. The van der Waals surface area contributed by atoms with Crippen molar-refractivity contribution in [3.8, 4) is 0 Å². The van der Waals surface area contributed by atoms with Gasteiger partial charge in [0, 0.05) is 24.3 Å². The van der Waals surface area contributed by atoms with Crippen molar-refractivity contribution in [3.05, 3.63) is 41.6 Å². The van der Waals surface area contributed by atoms with Crippen LogP contribution in [-0.4, -0.2) is 22.5 Å². The lowest BCUT2D eigenvalue weighted by molar-refractivity contribution is 0.471. The first-order valence-corrected chi connectivity index (χ1v) is 9.41. The monoisotopic (exact) mass is 341 g/mol. The highest BCUT2D eigenvalue weighted by Gasteiger charge is 2.17. The zero-order chi connectivity index (χ0) is 16.5. The van der Waals surface area contributed by atoms with E-state index in [9.17, 15) is 0 Å². The topological polar surface area (TPSA) is 20.5 Å². The van der Waals surface area contributed by atoms with Gasteiger partial charge in [0.2, 0.25) is 0 Å². The van der Waals surface area contributed by atoms with Gasteiger partial charge < -0.3 is 9.30 Å². The molecule has 0 spiro atoms. The first kappa shape index (κ1) is 15.8. The minimum atomic E-state index is 0.754. The summed E-state index contributed by atoms with van der Waals surface area (Å²) in [7, 11) is 0. The van der Waals surface area contributed by atoms with Crippen molar-refractivity contribution in [3.63, 3.8) is 0 Å². The second-order valence-electron chi connectivity index (χ2n) is 7.06. The normalized spacial score (nSPS) is 20.1. The van der Waals surface area contributed by atoms with Gasteiger partial charge >= 0.3 is 0 Å². The molecular weight excluding hydrogens is 318 g/mol. The van der Waals surface area contributed by atoms with Crippen LogP contribution in [0.15, 0.2) is 36.5 Å². The molecule has 1 aromatic carbocycles. The fraction of sp³-hybridized carbons (Fsp3) is 0.450. The van der Waals surface area contributed by atoms with Crippen LogP contribution in [0.3, 0.4) is 0 Å². The van der Waals surface area contributed by atoms with E-state index in [2.05, 4.69) is 34.6 Å². The highest BCUT2D eigenvalue weighted by atomic mass is 35.5. The number of benzene rings is 1. The third-order valence-electron chi connectivity index (χ3n) is 5.20. The van der Waals surface area contributed by atoms with Gasteiger partial charge in [0.25, 0.3) is 0 Å². The fourth-order valence-electron chi connectivity index (χ4n) is 3.86. The van der Waals surface area contributed by atoms with Crippen LogP contribution in [0.5, 0.6) is 0 Å². The number of nitrogens with zero attached hydrogens (tertiary/aromatic N) is 3. The molecule has 126 valence electrons. The number of rotatable bonds is 1. The molecule has 3 nitrogen and oxygen atoms in total. The van der Waals surface area contributed by atoms with Gasteiger partial charge in [-0.15, -0.1) is 0 Å². The molecular formula is C20H24ClN3. The summed E-state index contributed by atoms with van der Waals surface area (Å²) in [6.45, 7) is 4.58. The van der Waals surface area contributed by atoms with E-state index in [1.54, 1.807) is 0 Å². The molecule has 4 rings (SSSR count). The Balaban J connectivity index is 1.79. The maximum Gasteiger partial charge on any atom is 0.153 e. The highest BCUT2D eigenvalue weighted by Crippen LogP contribution is 2.28. The van der Waals surface area contributed by atoms with E-state index in [1.807, 2.05) is 18.2 Å². The molecule has 4 heteroatoms. The average molecular weight is 342 g/mol. The van der Waals surface area contributed by atoms with Gasteiger partial charge in [0.15, 0.2) is 5.82 Å². The predicted octanol–water partition coefficient (Wildman–Crippen LogP) is 5.55. The molecule has 0 radical (unpaired) electrons. The Morgan fingerprint density at radius 2 is 1.88 bits per heavy atom. The molecule has 2 aromatic heterocycles. The second kappa shape index (κ2) is 6.64. The van der Waals surface area contributed by atoms with Crippen molar-refractivity contribution in [1.82, 2.24) is 9.38 Å². The second-order valence-corrected chi connectivity index (χ2v) is 7.50. The lowest BCUT2D eigenvalue weighted by atomic mass is 10.00. The molecule has 3 aromatic rings. The van der Waals surface area contributed by atoms with Gasteiger partial charge in [-0.3, -0.25) is 0 Å².